The van der Waals surface area contributed by atoms with Gasteiger partial charge >= 0.3 is 0 Å². The zero-order valence-corrected chi connectivity index (χ0v) is 9.95. The zero-order valence-electron chi connectivity index (χ0n) is 8.38. The molecule has 0 amide bonds. The van der Waals surface area contributed by atoms with Gasteiger partial charge in [-0.1, -0.05) is 0 Å². The van der Waals surface area contributed by atoms with Crippen LogP contribution in [0.15, 0.2) is 0 Å². The lowest BCUT2D eigenvalue weighted by atomic mass is 9.95. The third-order valence-electron chi connectivity index (χ3n) is 2.22. The van der Waals surface area contributed by atoms with E-state index in [-0.39, 0.29) is 5.92 Å². The molecule has 0 aromatic carbocycles. The smallest absolute Gasteiger partial charge is 0.0742 e. The molecule has 0 aliphatic carbocycles. The molecule has 0 N–H and O–H groups in total. The summed E-state index contributed by atoms with van der Waals surface area (Å²) in [6.07, 6.45) is 1.72. The maximum Gasteiger partial charge on any atom is 0.0742 e. The normalized spacial score (nSPS) is 12.4. The maximum absolute atomic E-state index is 9.06. The Balaban J connectivity index is 2.84. The van der Waals surface area contributed by atoms with Gasteiger partial charge in [0, 0.05) is 16.3 Å². The van der Waals surface area contributed by atoms with Crippen molar-refractivity contribution in [3.8, 4) is 6.07 Å². The molecule has 1 atom stereocenters. The van der Waals surface area contributed by atoms with Crippen molar-refractivity contribution >= 4 is 23.1 Å². The molecule has 2 nitrogen and oxygen atoms in total. The summed E-state index contributed by atoms with van der Waals surface area (Å²) in [5, 5.41) is 9.06. The molecule has 0 aliphatic rings. The number of nitrogens with zero attached hydrogens (tertiary/aromatic N) is 2. The lowest BCUT2D eigenvalue weighted by Gasteiger charge is -2.07. The van der Waals surface area contributed by atoms with E-state index in [0.717, 1.165) is 29.0 Å². The Morgan fingerprint density at radius 1 is 1.57 bits per heavy atom. The van der Waals surface area contributed by atoms with Gasteiger partial charge < -0.3 is 0 Å². The predicted octanol–water partition coefficient (Wildman–Crippen LogP) is 3.39. The van der Waals surface area contributed by atoms with Crippen molar-refractivity contribution in [3.05, 3.63) is 16.1 Å². The van der Waals surface area contributed by atoms with Crippen LogP contribution in [0.1, 0.15) is 34.9 Å². The van der Waals surface area contributed by atoms with Crippen LogP contribution < -0.4 is 0 Å². The maximum atomic E-state index is 9.06. The molecule has 0 bridgehead atoms. The second-order valence-corrected chi connectivity index (χ2v) is 4.61. The summed E-state index contributed by atoms with van der Waals surface area (Å²) in [7, 11) is 0. The Kier molecular flexibility index (Phi) is 4.37. The summed E-state index contributed by atoms with van der Waals surface area (Å²) in [5.41, 5.74) is 2.11. The fraction of sp³-hybridized carbons (Fsp3) is 0.600. The van der Waals surface area contributed by atoms with Gasteiger partial charge in [-0.15, -0.1) is 11.6 Å². The zero-order chi connectivity index (χ0) is 10.6. The van der Waals surface area contributed by atoms with Crippen LogP contribution in [0.4, 0.5) is 0 Å². The Morgan fingerprint density at radius 2 is 2.29 bits per heavy atom. The molecule has 0 saturated carbocycles. The second kappa shape index (κ2) is 5.33. The Labute approximate surface area is 93.7 Å². The molecule has 1 aromatic heterocycles. The quantitative estimate of drug-likeness (QED) is 0.741. The second-order valence-electron chi connectivity index (χ2n) is 3.25. The number of hydrogen-bond donors (Lipinski definition) is 0. The van der Waals surface area contributed by atoms with Crippen molar-refractivity contribution in [1.82, 2.24) is 4.37 Å². The minimum Gasteiger partial charge on any atom is -0.198 e. The Morgan fingerprint density at radius 3 is 2.71 bits per heavy atom. The van der Waals surface area contributed by atoms with Crippen LogP contribution in [0.3, 0.4) is 0 Å². The van der Waals surface area contributed by atoms with Crippen molar-refractivity contribution in [2.24, 2.45) is 0 Å². The van der Waals surface area contributed by atoms with E-state index in [1.54, 1.807) is 0 Å². The molecule has 1 heterocycles. The Bertz CT molecular complexity index is 321. The number of rotatable bonds is 4. The van der Waals surface area contributed by atoms with Crippen LogP contribution in [0.5, 0.6) is 0 Å². The monoisotopic (exact) mass is 228 g/mol. The fourth-order valence-corrected chi connectivity index (χ4v) is 2.46. The number of hydrogen-bond acceptors (Lipinski definition) is 3. The van der Waals surface area contributed by atoms with Crippen molar-refractivity contribution in [1.29, 1.82) is 5.26 Å². The number of aryl methyl sites for hydroxylation is 2. The van der Waals surface area contributed by atoms with Gasteiger partial charge in [-0.25, -0.2) is 0 Å². The van der Waals surface area contributed by atoms with Crippen LogP contribution in [-0.4, -0.2) is 10.3 Å². The largest absolute Gasteiger partial charge is 0.198 e. The highest BCUT2D eigenvalue weighted by molar-refractivity contribution is 7.05. The summed E-state index contributed by atoms with van der Waals surface area (Å²) < 4.78 is 4.25. The number of aromatic nitrogens is 1. The topological polar surface area (TPSA) is 36.7 Å². The third-order valence-corrected chi connectivity index (χ3v) is 3.35. The first kappa shape index (κ1) is 11.5. The average molecular weight is 229 g/mol. The third kappa shape index (κ3) is 2.46. The molecule has 0 radical (unpaired) electrons. The van der Waals surface area contributed by atoms with Crippen molar-refractivity contribution in [3.63, 3.8) is 0 Å². The van der Waals surface area contributed by atoms with E-state index in [1.807, 2.05) is 13.8 Å². The molecule has 0 fully saturated rings. The van der Waals surface area contributed by atoms with Gasteiger partial charge in [-0.2, -0.15) is 9.64 Å². The van der Waals surface area contributed by atoms with Gasteiger partial charge in [0.1, 0.15) is 0 Å². The molecular weight excluding hydrogens is 216 g/mol. The average Bonchev–Trinajstić information content (AvgIpc) is 2.50. The van der Waals surface area contributed by atoms with Crippen LogP contribution in [-0.2, 0) is 0 Å². The predicted molar refractivity (Wildman–Crippen MR) is 59.9 cm³/mol. The number of nitriles is 1. The number of alkyl halides is 1. The number of halogens is 1. The van der Waals surface area contributed by atoms with Crippen LogP contribution in [0.25, 0.3) is 0 Å². The van der Waals surface area contributed by atoms with Gasteiger partial charge in [0.2, 0.25) is 0 Å². The summed E-state index contributed by atoms with van der Waals surface area (Å²) in [6, 6.07) is 2.33. The highest BCUT2D eigenvalue weighted by Gasteiger charge is 2.17. The van der Waals surface area contributed by atoms with E-state index in [4.69, 9.17) is 16.9 Å². The summed E-state index contributed by atoms with van der Waals surface area (Å²) in [4.78, 5) is 1.16. The van der Waals surface area contributed by atoms with Crippen molar-refractivity contribution in [2.45, 2.75) is 32.6 Å². The lowest BCUT2D eigenvalue weighted by molar-refractivity contribution is 0.724. The summed E-state index contributed by atoms with van der Waals surface area (Å²) >= 11 is 7.10. The van der Waals surface area contributed by atoms with E-state index >= 15 is 0 Å². The molecule has 4 heteroatoms. The molecule has 1 unspecified atom stereocenters. The SMILES string of the molecule is Cc1nsc(C)c1C(C#N)CCCCl. The first-order valence-corrected chi connectivity index (χ1v) is 5.89. The molecule has 76 valence electrons. The van der Waals surface area contributed by atoms with Crippen molar-refractivity contribution < 1.29 is 0 Å². The molecule has 1 aromatic rings. The van der Waals surface area contributed by atoms with Gasteiger partial charge in [-0.05, 0) is 38.2 Å². The van der Waals surface area contributed by atoms with E-state index in [0.29, 0.717) is 5.88 Å². The summed E-state index contributed by atoms with van der Waals surface area (Å²) in [5.74, 6) is 0.584. The molecule has 0 spiro atoms. The van der Waals surface area contributed by atoms with Crippen LogP contribution in [0, 0.1) is 25.2 Å². The standard InChI is InChI=1S/C10H13ClN2S/c1-7-10(8(2)14-13-7)9(6-12)4-3-5-11/h9H,3-5H2,1-2H3. The molecule has 14 heavy (non-hydrogen) atoms. The first-order chi connectivity index (χ1) is 6.70. The van der Waals surface area contributed by atoms with E-state index in [9.17, 15) is 0 Å². The molecule has 1 rings (SSSR count). The summed E-state index contributed by atoms with van der Waals surface area (Å²) in [6.45, 7) is 3.98. The Hall–Kier alpha value is -0.590. The van der Waals surface area contributed by atoms with E-state index in [1.165, 1.54) is 11.5 Å². The lowest BCUT2D eigenvalue weighted by Crippen LogP contribution is -1.99. The fourth-order valence-electron chi connectivity index (χ4n) is 1.54. The van der Waals surface area contributed by atoms with Crippen LogP contribution in [0.2, 0.25) is 0 Å². The van der Waals surface area contributed by atoms with E-state index < -0.39 is 0 Å². The molecule has 0 aliphatic heterocycles. The minimum atomic E-state index is -0.0347. The van der Waals surface area contributed by atoms with Gasteiger partial charge in [0.05, 0.1) is 17.7 Å². The highest BCUT2D eigenvalue weighted by Crippen LogP contribution is 2.29. The van der Waals surface area contributed by atoms with Crippen LogP contribution >= 0.6 is 23.1 Å². The molecular formula is C10H13ClN2S. The minimum absolute atomic E-state index is 0.0347. The highest BCUT2D eigenvalue weighted by atomic mass is 35.5. The first-order valence-electron chi connectivity index (χ1n) is 4.59. The van der Waals surface area contributed by atoms with Crippen molar-refractivity contribution in [2.75, 3.05) is 5.88 Å². The molecule has 0 saturated heterocycles. The van der Waals surface area contributed by atoms with Gasteiger partial charge in [-0.3, -0.25) is 0 Å². The van der Waals surface area contributed by atoms with Gasteiger partial charge in [0.15, 0.2) is 0 Å². The van der Waals surface area contributed by atoms with Gasteiger partial charge in [0.25, 0.3) is 0 Å². The van der Waals surface area contributed by atoms with E-state index in [2.05, 4.69) is 10.4 Å².